The van der Waals surface area contributed by atoms with Crippen LogP contribution < -0.4 is 10.9 Å². The summed E-state index contributed by atoms with van der Waals surface area (Å²) in [5, 5.41) is 7.24. The first-order valence-corrected chi connectivity index (χ1v) is 8.58. The van der Waals surface area contributed by atoms with Gasteiger partial charge in [0.25, 0.3) is 5.56 Å². The lowest BCUT2D eigenvalue weighted by Crippen LogP contribution is -2.39. The molecule has 2 aromatic heterocycles. The molecule has 2 atom stereocenters. The standard InChI is InChI=1S/C19H20N4O2/c1-13(23-19(25)17-10-5-11-22(17)12-20-23)18(24)21-16-9-4-7-14-6-2-3-8-15(14)16/h2-3,5-6,8,10-13,16H,4,7,9H2,1H3,(H,21,24)/t13-,16+/m0/s1. The lowest BCUT2D eigenvalue weighted by Gasteiger charge is -2.27. The van der Waals surface area contributed by atoms with E-state index in [2.05, 4.69) is 22.5 Å². The number of carbonyl (C=O) groups excluding carboxylic acids is 1. The number of rotatable bonds is 3. The average molecular weight is 336 g/mol. The van der Waals surface area contributed by atoms with Gasteiger partial charge in [0.05, 0.1) is 6.04 Å². The van der Waals surface area contributed by atoms with E-state index in [1.807, 2.05) is 12.1 Å². The molecular formula is C19H20N4O2. The third-order valence-corrected chi connectivity index (χ3v) is 4.94. The summed E-state index contributed by atoms with van der Waals surface area (Å²) in [5.74, 6) is -0.188. The van der Waals surface area contributed by atoms with Gasteiger partial charge >= 0.3 is 0 Å². The van der Waals surface area contributed by atoms with E-state index in [0.29, 0.717) is 5.52 Å². The molecule has 0 unspecified atom stereocenters. The van der Waals surface area contributed by atoms with Gasteiger partial charge in [0.1, 0.15) is 17.9 Å². The fourth-order valence-corrected chi connectivity index (χ4v) is 3.54. The number of carbonyl (C=O) groups is 1. The number of benzene rings is 1. The number of nitrogens with one attached hydrogen (secondary N) is 1. The first kappa shape index (κ1) is 15.6. The Morgan fingerprint density at radius 3 is 3.00 bits per heavy atom. The molecule has 1 aromatic carbocycles. The molecule has 1 amide bonds. The van der Waals surface area contributed by atoms with Crippen molar-refractivity contribution in [2.75, 3.05) is 0 Å². The van der Waals surface area contributed by atoms with Crippen molar-refractivity contribution in [2.24, 2.45) is 0 Å². The molecular weight excluding hydrogens is 316 g/mol. The van der Waals surface area contributed by atoms with Crippen LogP contribution in [-0.2, 0) is 11.2 Å². The van der Waals surface area contributed by atoms with E-state index in [-0.39, 0.29) is 17.5 Å². The second kappa shape index (κ2) is 6.20. The highest BCUT2D eigenvalue weighted by Crippen LogP contribution is 2.29. The molecule has 6 nitrogen and oxygen atoms in total. The van der Waals surface area contributed by atoms with Crippen molar-refractivity contribution >= 4 is 11.4 Å². The van der Waals surface area contributed by atoms with Crippen LogP contribution >= 0.6 is 0 Å². The van der Waals surface area contributed by atoms with E-state index in [9.17, 15) is 9.59 Å². The van der Waals surface area contributed by atoms with Gasteiger partial charge in [0, 0.05) is 6.20 Å². The van der Waals surface area contributed by atoms with Crippen molar-refractivity contribution in [1.29, 1.82) is 0 Å². The van der Waals surface area contributed by atoms with Gasteiger partial charge in [-0.1, -0.05) is 24.3 Å². The van der Waals surface area contributed by atoms with Crippen LogP contribution in [0.25, 0.3) is 5.52 Å². The Hall–Kier alpha value is -2.89. The molecule has 1 aliphatic carbocycles. The van der Waals surface area contributed by atoms with Gasteiger partial charge in [-0.15, -0.1) is 0 Å². The Labute approximate surface area is 145 Å². The summed E-state index contributed by atoms with van der Waals surface area (Å²) in [6, 6.07) is 11.1. The fraction of sp³-hybridized carbons (Fsp3) is 0.316. The maximum absolute atomic E-state index is 12.7. The molecule has 4 rings (SSSR count). The Morgan fingerprint density at radius 1 is 1.28 bits per heavy atom. The molecule has 6 heteroatoms. The van der Waals surface area contributed by atoms with Gasteiger partial charge in [-0.25, -0.2) is 4.68 Å². The smallest absolute Gasteiger partial charge is 0.291 e. The van der Waals surface area contributed by atoms with Crippen molar-refractivity contribution in [2.45, 2.75) is 38.3 Å². The predicted molar refractivity (Wildman–Crippen MR) is 94.4 cm³/mol. The van der Waals surface area contributed by atoms with Gasteiger partial charge in [-0.3, -0.25) is 9.59 Å². The van der Waals surface area contributed by atoms with Gasteiger partial charge in [-0.05, 0) is 49.4 Å². The minimum Gasteiger partial charge on any atom is -0.347 e. The van der Waals surface area contributed by atoms with E-state index in [1.165, 1.54) is 15.8 Å². The van der Waals surface area contributed by atoms with Gasteiger partial charge < -0.3 is 9.72 Å². The third kappa shape index (κ3) is 2.73. The topological polar surface area (TPSA) is 68.4 Å². The Kier molecular flexibility index (Phi) is 3.87. The van der Waals surface area contributed by atoms with Crippen molar-refractivity contribution in [3.63, 3.8) is 0 Å². The zero-order valence-corrected chi connectivity index (χ0v) is 14.1. The van der Waals surface area contributed by atoms with E-state index in [1.54, 1.807) is 36.0 Å². The number of hydrogen-bond acceptors (Lipinski definition) is 3. The molecule has 128 valence electrons. The molecule has 0 fully saturated rings. The Morgan fingerprint density at radius 2 is 2.12 bits per heavy atom. The molecule has 0 saturated carbocycles. The SMILES string of the molecule is C[C@@H](C(=O)N[C@@H]1CCCc2ccccc21)n1ncn2cccc2c1=O. The van der Waals surface area contributed by atoms with Crippen LogP contribution in [0.5, 0.6) is 0 Å². The van der Waals surface area contributed by atoms with Crippen LogP contribution in [0.4, 0.5) is 0 Å². The highest BCUT2D eigenvalue weighted by Gasteiger charge is 2.25. The van der Waals surface area contributed by atoms with Crippen molar-refractivity contribution in [3.05, 3.63) is 70.4 Å². The summed E-state index contributed by atoms with van der Waals surface area (Å²) in [4.78, 5) is 25.3. The number of aryl methyl sites for hydroxylation is 1. The normalized spacial score (nSPS) is 17.9. The molecule has 25 heavy (non-hydrogen) atoms. The molecule has 0 saturated heterocycles. The largest absolute Gasteiger partial charge is 0.347 e. The molecule has 0 radical (unpaired) electrons. The fourth-order valence-electron chi connectivity index (χ4n) is 3.54. The zero-order chi connectivity index (χ0) is 17.4. The summed E-state index contributed by atoms with van der Waals surface area (Å²) < 4.78 is 2.90. The van der Waals surface area contributed by atoms with Crippen LogP contribution in [0.2, 0.25) is 0 Å². The lowest BCUT2D eigenvalue weighted by atomic mass is 9.87. The van der Waals surface area contributed by atoms with Crippen LogP contribution in [0, 0.1) is 0 Å². The van der Waals surface area contributed by atoms with E-state index in [0.717, 1.165) is 19.3 Å². The maximum Gasteiger partial charge on any atom is 0.291 e. The molecule has 0 bridgehead atoms. The Balaban J connectivity index is 1.59. The lowest BCUT2D eigenvalue weighted by molar-refractivity contribution is -0.125. The molecule has 3 aromatic rings. The van der Waals surface area contributed by atoms with Crippen LogP contribution in [-0.4, -0.2) is 20.1 Å². The Bertz CT molecular complexity index is 988. The number of amides is 1. The maximum atomic E-state index is 12.7. The number of aromatic nitrogens is 3. The predicted octanol–water partition coefficient (Wildman–Crippen LogP) is 2.25. The number of nitrogens with zero attached hydrogens (tertiary/aromatic N) is 3. The minimum absolute atomic E-state index is 0.00682. The summed E-state index contributed by atoms with van der Waals surface area (Å²) in [5.41, 5.74) is 2.71. The average Bonchev–Trinajstić information content (AvgIpc) is 3.11. The van der Waals surface area contributed by atoms with Crippen LogP contribution in [0.3, 0.4) is 0 Å². The monoisotopic (exact) mass is 336 g/mol. The van der Waals surface area contributed by atoms with E-state index < -0.39 is 6.04 Å². The summed E-state index contributed by atoms with van der Waals surface area (Å²) in [6.07, 6.45) is 6.32. The summed E-state index contributed by atoms with van der Waals surface area (Å²) in [6.45, 7) is 1.71. The van der Waals surface area contributed by atoms with E-state index in [4.69, 9.17) is 0 Å². The minimum atomic E-state index is -0.665. The van der Waals surface area contributed by atoms with Crippen LogP contribution in [0.15, 0.2) is 53.7 Å². The zero-order valence-electron chi connectivity index (χ0n) is 14.1. The van der Waals surface area contributed by atoms with Crippen LogP contribution in [0.1, 0.15) is 43.0 Å². The van der Waals surface area contributed by atoms with Crippen molar-refractivity contribution in [3.8, 4) is 0 Å². The first-order valence-electron chi connectivity index (χ1n) is 8.58. The summed E-state index contributed by atoms with van der Waals surface area (Å²) in [7, 11) is 0. The number of hydrogen-bond donors (Lipinski definition) is 1. The van der Waals surface area contributed by atoms with Gasteiger partial charge in [-0.2, -0.15) is 5.10 Å². The van der Waals surface area contributed by atoms with Gasteiger partial charge in [0.15, 0.2) is 0 Å². The quantitative estimate of drug-likeness (QED) is 0.798. The molecule has 1 N–H and O–H groups in total. The second-order valence-corrected chi connectivity index (χ2v) is 6.51. The van der Waals surface area contributed by atoms with Crippen molar-refractivity contribution in [1.82, 2.24) is 19.5 Å². The highest BCUT2D eigenvalue weighted by atomic mass is 16.2. The molecule has 0 aliphatic heterocycles. The highest BCUT2D eigenvalue weighted by molar-refractivity contribution is 5.80. The molecule has 2 heterocycles. The van der Waals surface area contributed by atoms with Crippen molar-refractivity contribution < 1.29 is 4.79 Å². The first-order chi connectivity index (χ1) is 12.1. The second-order valence-electron chi connectivity index (χ2n) is 6.51. The molecule has 0 spiro atoms. The number of fused-ring (bicyclic) bond motifs is 2. The van der Waals surface area contributed by atoms with E-state index >= 15 is 0 Å². The third-order valence-electron chi connectivity index (χ3n) is 4.94. The van der Waals surface area contributed by atoms with Gasteiger partial charge in [0.2, 0.25) is 5.91 Å². The molecule has 1 aliphatic rings. The summed E-state index contributed by atoms with van der Waals surface area (Å²) >= 11 is 0.